The van der Waals surface area contributed by atoms with Crippen LogP contribution in [0.15, 0.2) is 12.2 Å². The zero-order valence-corrected chi connectivity index (χ0v) is 5.30. The second kappa shape index (κ2) is 4.91. The molecule has 0 aliphatic heterocycles. The van der Waals surface area contributed by atoms with E-state index in [4.69, 9.17) is 13.6 Å². The molecule has 44 valence electrons. The molecule has 0 rings (SSSR count). The predicted octanol–water partition coefficient (Wildman–Crippen LogP) is 0.796. The van der Waals surface area contributed by atoms with Crippen LogP contribution in [0.2, 0.25) is 0 Å². The molecule has 0 amide bonds. The molecule has 0 aromatic heterocycles. The van der Waals surface area contributed by atoms with E-state index in [1.54, 1.807) is 0 Å². The van der Waals surface area contributed by atoms with Crippen LogP contribution < -0.4 is 5.73 Å². The number of rotatable bonds is 3. The second-order valence-corrected chi connectivity index (χ2v) is 1.79. The lowest BCUT2D eigenvalue weighted by molar-refractivity contribution is 0.949. The van der Waals surface area contributed by atoms with Crippen molar-refractivity contribution in [1.29, 1.82) is 0 Å². The van der Waals surface area contributed by atoms with E-state index in [1.807, 2.05) is 12.2 Å². The highest BCUT2D eigenvalue weighted by atomic mass is 14.6. The molecule has 0 fully saturated rings. The van der Waals surface area contributed by atoms with Gasteiger partial charge < -0.3 is 5.73 Å². The Hall–Kier alpha value is -0.235. The summed E-state index contributed by atoms with van der Waals surface area (Å²) < 4.78 is 0. The SMILES string of the molecule is [B]C(N)/C=C\CCC. The van der Waals surface area contributed by atoms with Gasteiger partial charge in [-0.3, -0.25) is 0 Å². The van der Waals surface area contributed by atoms with Crippen molar-refractivity contribution in [1.82, 2.24) is 0 Å². The Kier molecular flexibility index (Phi) is 4.77. The molecule has 0 bridgehead atoms. The summed E-state index contributed by atoms with van der Waals surface area (Å²) in [6, 6.07) is 0. The van der Waals surface area contributed by atoms with Crippen molar-refractivity contribution in [2.45, 2.75) is 25.7 Å². The molecule has 0 saturated heterocycles. The number of nitrogens with two attached hydrogens (primary N) is 1. The van der Waals surface area contributed by atoms with Crippen molar-refractivity contribution in [2.75, 3.05) is 0 Å². The summed E-state index contributed by atoms with van der Waals surface area (Å²) in [5.41, 5.74) is 5.22. The van der Waals surface area contributed by atoms with E-state index in [9.17, 15) is 0 Å². The lowest BCUT2D eigenvalue weighted by Crippen LogP contribution is -2.15. The normalized spacial score (nSPS) is 14.8. The Balaban J connectivity index is 3.07. The fraction of sp³-hybridized carbons (Fsp3) is 0.667. The van der Waals surface area contributed by atoms with E-state index in [0.29, 0.717) is 0 Å². The van der Waals surface area contributed by atoms with Crippen molar-refractivity contribution in [3.63, 3.8) is 0 Å². The lowest BCUT2D eigenvalue weighted by Gasteiger charge is -1.91. The lowest BCUT2D eigenvalue weighted by atomic mass is 9.97. The molecule has 2 radical (unpaired) electrons. The van der Waals surface area contributed by atoms with Crippen molar-refractivity contribution in [3.8, 4) is 0 Å². The van der Waals surface area contributed by atoms with Crippen LogP contribution in [0.5, 0.6) is 0 Å². The van der Waals surface area contributed by atoms with Crippen molar-refractivity contribution < 1.29 is 0 Å². The molecule has 2 N–H and O–H groups in total. The zero-order valence-electron chi connectivity index (χ0n) is 5.30. The molecule has 0 aliphatic rings. The maximum absolute atomic E-state index is 5.22. The highest BCUT2D eigenvalue weighted by Crippen LogP contribution is 1.87. The Labute approximate surface area is 52.4 Å². The quantitative estimate of drug-likeness (QED) is 0.421. The van der Waals surface area contributed by atoms with Crippen LogP contribution in [0.1, 0.15) is 19.8 Å². The Morgan fingerprint density at radius 3 is 2.75 bits per heavy atom. The number of allylic oxidation sites excluding steroid dienone is 1. The van der Waals surface area contributed by atoms with Gasteiger partial charge in [-0.1, -0.05) is 25.5 Å². The first kappa shape index (κ1) is 7.76. The van der Waals surface area contributed by atoms with Crippen LogP contribution in [0.25, 0.3) is 0 Å². The van der Waals surface area contributed by atoms with Crippen LogP contribution in [-0.2, 0) is 0 Å². The summed E-state index contributed by atoms with van der Waals surface area (Å²) in [5.74, 6) is -0.276. The number of hydrogen-bond donors (Lipinski definition) is 1. The first-order valence-electron chi connectivity index (χ1n) is 2.95. The monoisotopic (exact) mass is 109 g/mol. The van der Waals surface area contributed by atoms with Crippen LogP contribution in [0, 0.1) is 0 Å². The van der Waals surface area contributed by atoms with E-state index in [1.165, 1.54) is 0 Å². The van der Waals surface area contributed by atoms with Gasteiger partial charge in [0.1, 0.15) is 0 Å². The minimum atomic E-state index is -0.276. The third-order valence-electron chi connectivity index (χ3n) is 0.814. The minimum Gasteiger partial charge on any atom is -0.332 e. The van der Waals surface area contributed by atoms with Crippen LogP contribution in [-0.4, -0.2) is 13.8 Å². The van der Waals surface area contributed by atoms with Crippen LogP contribution >= 0.6 is 0 Å². The van der Waals surface area contributed by atoms with Crippen LogP contribution in [0.3, 0.4) is 0 Å². The summed E-state index contributed by atoms with van der Waals surface area (Å²) in [7, 11) is 5.22. The third kappa shape index (κ3) is 5.76. The molecular weight excluding hydrogens is 96.9 g/mol. The van der Waals surface area contributed by atoms with Crippen molar-refractivity contribution in [3.05, 3.63) is 12.2 Å². The summed E-state index contributed by atoms with van der Waals surface area (Å²) in [5, 5.41) is 0. The summed E-state index contributed by atoms with van der Waals surface area (Å²) in [6.45, 7) is 2.12. The molecule has 1 unspecified atom stereocenters. The van der Waals surface area contributed by atoms with Gasteiger partial charge in [0.05, 0.1) is 7.85 Å². The largest absolute Gasteiger partial charge is 0.332 e. The standard InChI is InChI=1S/C6H12BN/c1-2-3-4-5-6(7)8/h4-6H,2-3,8H2,1H3/b5-4-. The first-order valence-corrected chi connectivity index (χ1v) is 2.95. The van der Waals surface area contributed by atoms with Gasteiger partial charge in [0, 0.05) is 0 Å². The first-order chi connectivity index (χ1) is 3.77. The average molecular weight is 109 g/mol. The molecular formula is C6H12BN. The van der Waals surface area contributed by atoms with Crippen molar-refractivity contribution in [2.24, 2.45) is 5.73 Å². The smallest absolute Gasteiger partial charge is 0.0960 e. The molecule has 0 saturated carbocycles. The fourth-order valence-corrected chi connectivity index (χ4v) is 0.420. The molecule has 2 heteroatoms. The van der Waals surface area contributed by atoms with E-state index < -0.39 is 0 Å². The number of unbranched alkanes of at least 4 members (excludes halogenated alkanes) is 1. The third-order valence-corrected chi connectivity index (χ3v) is 0.814. The maximum atomic E-state index is 5.22. The summed E-state index contributed by atoms with van der Waals surface area (Å²) in [4.78, 5) is 0. The van der Waals surface area contributed by atoms with Crippen molar-refractivity contribution >= 4 is 7.85 Å². The van der Waals surface area contributed by atoms with Gasteiger partial charge in [0.15, 0.2) is 0 Å². The van der Waals surface area contributed by atoms with Gasteiger partial charge in [-0.15, -0.1) is 0 Å². The summed E-state index contributed by atoms with van der Waals surface area (Å²) >= 11 is 0. The molecule has 0 aromatic rings. The second-order valence-electron chi connectivity index (χ2n) is 1.79. The molecule has 0 heterocycles. The van der Waals surface area contributed by atoms with E-state index in [0.717, 1.165) is 12.8 Å². The molecule has 8 heavy (non-hydrogen) atoms. The highest BCUT2D eigenvalue weighted by molar-refractivity contribution is 6.12. The predicted molar refractivity (Wildman–Crippen MR) is 37.8 cm³/mol. The fourth-order valence-electron chi connectivity index (χ4n) is 0.420. The molecule has 1 nitrogen and oxygen atoms in total. The Morgan fingerprint density at radius 2 is 2.38 bits per heavy atom. The minimum absolute atomic E-state index is 0.276. The molecule has 0 aromatic carbocycles. The molecule has 1 atom stereocenters. The van der Waals surface area contributed by atoms with Crippen LogP contribution in [0.4, 0.5) is 0 Å². The maximum Gasteiger partial charge on any atom is 0.0960 e. The Bertz CT molecular complexity index is 68.9. The van der Waals surface area contributed by atoms with Gasteiger partial charge in [0.25, 0.3) is 0 Å². The van der Waals surface area contributed by atoms with Gasteiger partial charge >= 0.3 is 0 Å². The van der Waals surface area contributed by atoms with E-state index >= 15 is 0 Å². The van der Waals surface area contributed by atoms with Gasteiger partial charge in [0.2, 0.25) is 0 Å². The topological polar surface area (TPSA) is 26.0 Å². The molecule has 0 spiro atoms. The summed E-state index contributed by atoms with van der Waals surface area (Å²) in [6.07, 6.45) is 6.04. The molecule has 0 aliphatic carbocycles. The van der Waals surface area contributed by atoms with Gasteiger partial charge in [-0.05, 0) is 12.4 Å². The average Bonchev–Trinajstić information content (AvgIpc) is 1.66. The Morgan fingerprint density at radius 1 is 1.75 bits per heavy atom. The van der Waals surface area contributed by atoms with E-state index in [-0.39, 0.29) is 5.94 Å². The highest BCUT2D eigenvalue weighted by Gasteiger charge is 1.80. The van der Waals surface area contributed by atoms with Gasteiger partial charge in [-0.25, -0.2) is 0 Å². The van der Waals surface area contributed by atoms with E-state index in [2.05, 4.69) is 6.92 Å². The zero-order chi connectivity index (χ0) is 6.41. The van der Waals surface area contributed by atoms with Gasteiger partial charge in [-0.2, -0.15) is 0 Å². The number of hydrogen-bond acceptors (Lipinski definition) is 1.